The molecule has 1 heterocycles. The van der Waals surface area contributed by atoms with Gasteiger partial charge in [0.15, 0.2) is 0 Å². The van der Waals surface area contributed by atoms with Crippen LogP contribution in [0.2, 0.25) is 0 Å². The number of rotatable bonds is 3. The van der Waals surface area contributed by atoms with Crippen molar-refractivity contribution in [3.05, 3.63) is 35.1 Å². The minimum atomic E-state index is -0.286. The molecule has 20 heavy (non-hydrogen) atoms. The number of aliphatic hydroxyl groups excluding tert-OH is 1. The largest absolute Gasteiger partial charge is 0.395 e. The van der Waals surface area contributed by atoms with Crippen molar-refractivity contribution in [1.29, 1.82) is 0 Å². The molecule has 2 rings (SSSR count). The lowest BCUT2D eigenvalue weighted by Gasteiger charge is -2.30. The predicted molar refractivity (Wildman–Crippen MR) is 78.7 cm³/mol. The molecule has 0 saturated carbocycles. The van der Waals surface area contributed by atoms with Crippen LogP contribution in [0.1, 0.15) is 37.3 Å². The molecule has 0 amide bonds. The Morgan fingerprint density at radius 1 is 1.45 bits per heavy atom. The Labute approximate surface area is 120 Å². The molecule has 1 aliphatic heterocycles. The summed E-state index contributed by atoms with van der Waals surface area (Å²) in [4.78, 5) is 2.42. The van der Waals surface area contributed by atoms with E-state index in [1.807, 2.05) is 12.1 Å². The molecule has 1 aliphatic rings. The van der Waals surface area contributed by atoms with Gasteiger partial charge in [0.25, 0.3) is 0 Å². The number of aliphatic hydroxyl groups is 1. The zero-order valence-corrected chi connectivity index (χ0v) is 12.0. The van der Waals surface area contributed by atoms with Crippen molar-refractivity contribution in [2.45, 2.75) is 32.7 Å². The van der Waals surface area contributed by atoms with Crippen molar-refractivity contribution >= 4 is 0 Å². The summed E-state index contributed by atoms with van der Waals surface area (Å²) in [5, 5.41) is 8.71. The monoisotopic (exact) mass is 275 g/mol. The van der Waals surface area contributed by atoms with E-state index < -0.39 is 0 Å². The Hall–Kier alpha value is -1.37. The van der Waals surface area contributed by atoms with Gasteiger partial charge in [0.2, 0.25) is 0 Å². The van der Waals surface area contributed by atoms with E-state index in [0.717, 1.165) is 31.1 Å². The summed E-state index contributed by atoms with van der Waals surface area (Å²) in [5.74, 6) is 6.03. The average Bonchev–Trinajstić information content (AvgIpc) is 2.42. The van der Waals surface area contributed by atoms with Gasteiger partial charge >= 0.3 is 0 Å². The topological polar surface area (TPSA) is 23.5 Å². The third-order valence-electron chi connectivity index (χ3n) is 3.64. The second kappa shape index (κ2) is 7.42. The molecule has 0 radical (unpaired) electrons. The van der Waals surface area contributed by atoms with Crippen LogP contribution in [0, 0.1) is 23.6 Å². The van der Waals surface area contributed by atoms with Crippen LogP contribution in [0.3, 0.4) is 0 Å². The lowest BCUT2D eigenvalue weighted by molar-refractivity contribution is 0.176. The van der Waals surface area contributed by atoms with E-state index in [4.69, 9.17) is 5.11 Å². The molecule has 1 aromatic carbocycles. The lowest BCUT2D eigenvalue weighted by atomic mass is 9.99. The molecule has 1 saturated heterocycles. The summed E-state index contributed by atoms with van der Waals surface area (Å²) in [5.41, 5.74) is 1.54. The van der Waals surface area contributed by atoms with Gasteiger partial charge in [-0.1, -0.05) is 24.8 Å². The van der Waals surface area contributed by atoms with Crippen LogP contribution in [0.4, 0.5) is 4.39 Å². The van der Waals surface area contributed by atoms with Crippen LogP contribution in [-0.4, -0.2) is 29.7 Å². The van der Waals surface area contributed by atoms with Gasteiger partial charge in [-0.2, -0.15) is 0 Å². The highest BCUT2D eigenvalue weighted by molar-refractivity contribution is 5.38. The summed E-state index contributed by atoms with van der Waals surface area (Å²) in [6.45, 7) is 5.39. The third-order valence-corrected chi connectivity index (χ3v) is 3.64. The molecule has 0 aliphatic carbocycles. The number of nitrogens with zero attached hydrogens (tertiary/aromatic N) is 1. The highest BCUT2D eigenvalue weighted by Gasteiger charge is 2.16. The molecule has 2 nitrogen and oxygen atoms in total. The van der Waals surface area contributed by atoms with Crippen LogP contribution >= 0.6 is 0 Å². The minimum Gasteiger partial charge on any atom is -0.395 e. The quantitative estimate of drug-likeness (QED) is 0.857. The number of benzene rings is 1. The zero-order chi connectivity index (χ0) is 14.4. The summed E-state index contributed by atoms with van der Waals surface area (Å²) in [6.07, 6.45) is 2.93. The van der Waals surface area contributed by atoms with E-state index >= 15 is 0 Å². The number of likely N-dealkylation sites (tertiary alicyclic amines) is 1. The van der Waals surface area contributed by atoms with Gasteiger partial charge in [0, 0.05) is 19.5 Å². The Balaban J connectivity index is 2.05. The fourth-order valence-electron chi connectivity index (χ4n) is 2.67. The van der Waals surface area contributed by atoms with Gasteiger partial charge in [-0.15, -0.1) is 0 Å². The maximum Gasteiger partial charge on any atom is 0.138 e. The number of halogens is 1. The van der Waals surface area contributed by atoms with Gasteiger partial charge < -0.3 is 5.11 Å². The zero-order valence-electron chi connectivity index (χ0n) is 12.0. The predicted octanol–water partition coefficient (Wildman–Crippen LogP) is 2.79. The molecule has 1 atom stereocenters. The fraction of sp³-hybridized carbons (Fsp3) is 0.529. The second-order valence-corrected chi connectivity index (χ2v) is 5.57. The first-order chi connectivity index (χ1) is 9.69. The summed E-state index contributed by atoms with van der Waals surface area (Å²) in [7, 11) is 0. The molecule has 0 bridgehead atoms. The number of hydrogen-bond acceptors (Lipinski definition) is 2. The van der Waals surface area contributed by atoms with Gasteiger partial charge in [-0.25, -0.2) is 4.39 Å². The highest BCUT2D eigenvalue weighted by Crippen LogP contribution is 2.19. The van der Waals surface area contributed by atoms with E-state index in [1.165, 1.54) is 18.9 Å². The van der Waals surface area contributed by atoms with Crippen LogP contribution in [-0.2, 0) is 6.54 Å². The van der Waals surface area contributed by atoms with E-state index in [0.29, 0.717) is 12.0 Å². The molecule has 0 aromatic heterocycles. The first-order valence-corrected chi connectivity index (χ1v) is 7.29. The molecule has 1 fully saturated rings. The second-order valence-electron chi connectivity index (χ2n) is 5.57. The van der Waals surface area contributed by atoms with Gasteiger partial charge in [-0.05, 0) is 43.0 Å². The number of hydrogen-bond donors (Lipinski definition) is 1. The van der Waals surface area contributed by atoms with E-state index in [1.54, 1.807) is 0 Å². The van der Waals surface area contributed by atoms with Crippen molar-refractivity contribution in [3.8, 4) is 11.8 Å². The maximum atomic E-state index is 13.7. The molecule has 0 spiro atoms. The van der Waals surface area contributed by atoms with Crippen LogP contribution in [0.15, 0.2) is 18.2 Å². The Kier molecular flexibility index (Phi) is 5.58. The molecule has 1 N–H and O–H groups in total. The molecular formula is C17H22FNO. The van der Waals surface area contributed by atoms with Crippen LogP contribution < -0.4 is 0 Å². The highest BCUT2D eigenvalue weighted by atomic mass is 19.1. The first-order valence-electron chi connectivity index (χ1n) is 7.29. The van der Waals surface area contributed by atoms with Crippen LogP contribution in [0.25, 0.3) is 0 Å². The molecular weight excluding hydrogens is 253 g/mol. The van der Waals surface area contributed by atoms with E-state index in [2.05, 4.69) is 23.7 Å². The van der Waals surface area contributed by atoms with Crippen LogP contribution in [0.5, 0.6) is 0 Å². The van der Waals surface area contributed by atoms with E-state index in [-0.39, 0.29) is 12.4 Å². The molecule has 3 heteroatoms. The Morgan fingerprint density at radius 3 is 3.05 bits per heavy atom. The lowest BCUT2D eigenvalue weighted by Crippen LogP contribution is -2.33. The summed E-state index contributed by atoms with van der Waals surface area (Å²) >= 11 is 0. The van der Waals surface area contributed by atoms with Gasteiger partial charge in [0.1, 0.15) is 5.82 Å². The summed E-state index contributed by atoms with van der Waals surface area (Å²) in [6, 6.07) is 5.16. The summed E-state index contributed by atoms with van der Waals surface area (Å²) < 4.78 is 13.7. The Bertz CT molecular complexity index is 503. The third kappa shape index (κ3) is 4.33. The van der Waals surface area contributed by atoms with Gasteiger partial charge in [-0.3, -0.25) is 4.90 Å². The SMILES string of the molecule is CC1CCCN(Cc2ccc(F)c(C#CCCO)c2)C1. The molecule has 108 valence electrons. The smallest absolute Gasteiger partial charge is 0.138 e. The van der Waals surface area contributed by atoms with Crippen molar-refractivity contribution < 1.29 is 9.50 Å². The minimum absolute atomic E-state index is 0.0139. The molecule has 1 aromatic rings. The van der Waals surface area contributed by atoms with E-state index in [9.17, 15) is 4.39 Å². The normalized spacial score (nSPS) is 19.4. The Morgan fingerprint density at radius 2 is 2.30 bits per heavy atom. The molecule has 1 unspecified atom stereocenters. The van der Waals surface area contributed by atoms with Crippen molar-refractivity contribution in [2.24, 2.45) is 5.92 Å². The van der Waals surface area contributed by atoms with Gasteiger partial charge in [0.05, 0.1) is 12.2 Å². The van der Waals surface area contributed by atoms with Crippen molar-refractivity contribution in [2.75, 3.05) is 19.7 Å². The number of piperidine rings is 1. The first kappa shape index (κ1) is 15.0. The fourth-order valence-corrected chi connectivity index (χ4v) is 2.67. The van der Waals surface area contributed by atoms with Crippen molar-refractivity contribution in [1.82, 2.24) is 4.90 Å². The maximum absolute atomic E-state index is 13.7. The average molecular weight is 275 g/mol. The standard InChI is InChI=1S/C17H22FNO/c1-14-5-4-9-19(12-14)13-15-7-8-17(18)16(11-15)6-2-3-10-20/h7-8,11,14,20H,3-5,9-10,12-13H2,1H3. The van der Waals surface area contributed by atoms with Crippen molar-refractivity contribution in [3.63, 3.8) is 0 Å².